The number of carbonyl (C=O) groups excluding carboxylic acids is 1. The Labute approximate surface area is 172 Å². The number of sulfonamides is 1. The fourth-order valence-electron chi connectivity index (χ4n) is 3.83. The number of rotatable bonds is 8. The number of carbonyl (C=O) groups is 1. The van der Waals surface area contributed by atoms with Crippen LogP contribution in [0, 0.1) is 0 Å². The molecule has 156 valence electrons. The molecule has 0 spiro atoms. The van der Waals surface area contributed by atoms with E-state index in [9.17, 15) is 13.2 Å². The Morgan fingerprint density at radius 2 is 1.89 bits per heavy atom. The van der Waals surface area contributed by atoms with E-state index in [0.29, 0.717) is 36.2 Å². The molecule has 8 heteroatoms. The number of nitrogens with zero attached hydrogens (tertiary/aromatic N) is 1. The number of amides is 1. The van der Waals surface area contributed by atoms with E-state index in [1.165, 1.54) is 51.3 Å². The molecule has 1 aliphatic heterocycles. The van der Waals surface area contributed by atoms with Crippen LogP contribution in [0.1, 0.15) is 55.3 Å². The summed E-state index contributed by atoms with van der Waals surface area (Å²) in [6.45, 7) is 1.80. The third-order valence-corrected chi connectivity index (χ3v) is 8.25. The molecule has 0 bridgehead atoms. The molecule has 0 unspecified atom stereocenters. The van der Waals surface area contributed by atoms with Crippen LogP contribution in [-0.4, -0.2) is 57.0 Å². The first-order chi connectivity index (χ1) is 13.5. The molecule has 0 atom stereocenters. The van der Waals surface area contributed by atoms with Crippen LogP contribution in [0.2, 0.25) is 0 Å². The van der Waals surface area contributed by atoms with Gasteiger partial charge in [0.2, 0.25) is 10.0 Å². The number of hydrogen-bond acceptors (Lipinski definition) is 5. The van der Waals surface area contributed by atoms with E-state index in [1.54, 1.807) is 11.0 Å². The fourth-order valence-corrected chi connectivity index (χ4v) is 6.24. The van der Waals surface area contributed by atoms with Gasteiger partial charge in [-0.2, -0.15) is 11.8 Å². The third kappa shape index (κ3) is 5.42. The summed E-state index contributed by atoms with van der Waals surface area (Å²) >= 11 is 1.86. The molecule has 1 saturated heterocycles. The van der Waals surface area contributed by atoms with Gasteiger partial charge in [0.15, 0.2) is 0 Å². The molecule has 1 aliphatic carbocycles. The van der Waals surface area contributed by atoms with E-state index in [2.05, 4.69) is 4.72 Å². The molecule has 1 N–H and O–H groups in total. The molecular weight excluding hydrogens is 396 g/mol. The summed E-state index contributed by atoms with van der Waals surface area (Å²) in [6, 6.07) is 4.50. The molecular formula is C20H30N2O4S2. The highest BCUT2D eigenvalue weighted by molar-refractivity contribution is 8.00. The van der Waals surface area contributed by atoms with Gasteiger partial charge < -0.3 is 9.64 Å². The zero-order chi connectivity index (χ0) is 20.0. The van der Waals surface area contributed by atoms with E-state index in [4.69, 9.17) is 4.74 Å². The summed E-state index contributed by atoms with van der Waals surface area (Å²) < 4.78 is 33.4. The van der Waals surface area contributed by atoms with Crippen molar-refractivity contribution in [3.05, 3.63) is 23.8 Å². The van der Waals surface area contributed by atoms with Crippen molar-refractivity contribution in [1.82, 2.24) is 9.62 Å². The maximum atomic E-state index is 12.8. The van der Waals surface area contributed by atoms with Crippen LogP contribution in [-0.2, 0) is 10.0 Å². The lowest BCUT2D eigenvalue weighted by atomic mass is 10.0. The second-order valence-electron chi connectivity index (χ2n) is 7.39. The predicted octanol–water partition coefficient (Wildman–Crippen LogP) is 3.28. The molecule has 0 radical (unpaired) electrons. The number of methoxy groups -OCH3 is 1. The molecule has 2 aliphatic rings. The number of ether oxygens (including phenoxy) is 1. The predicted molar refractivity (Wildman–Crippen MR) is 113 cm³/mol. The molecule has 6 nitrogen and oxygen atoms in total. The number of thioether (sulfide) groups is 1. The Bertz CT molecular complexity index is 770. The first-order valence-corrected chi connectivity index (χ1v) is 12.6. The van der Waals surface area contributed by atoms with Gasteiger partial charge in [-0.25, -0.2) is 13.1 Å². The van der Waals surface area contributed by atoms with Crippen LogP contribution in [0.4, 0.5) is 0 Å². The van der Waals surface area contributed by atoms with Crippen LogP contribution >= 0.6 is 11.8 Å². The zero-order valence-electron chi connectivity index (χ0n) is 16.5. The molecule has 1 amide bonds. The Balaban J connectivity index is 1.63. The summed E-state index contributed by atoms with van der Waals surface area (Å²) in [5, 5.41) is 0.656. The minimum atomic E-state index is -3.66. The lowest BCUT2D eigenvalue weighted by Crippen LogP contribution is -2.29. The van der Waals surface area contributed by atoms with Gasteiger partial charge in [-0.3, -0.25) is 4.79 Å². The van der Waals surface area contributed by atoms with Gasteiger partial charge in [0.25, 0.3) is 5.91 Å². The van der Waals surface area contributed by atoms with Crippen LogP contribution < -0.4 is 9.46 Å². The first-order valence-electron chi connectivity index (χ1n) is 10.1. The minimum absolute atomic E-state index is 0.110. The van der Waals surface area contributed by atoms with Crippen LogP contribution in [0.15, 0.2) is 23.1 Å². The molecule has 2 fully saturated rings. The quantitative estimate of drug-likeness (QED) is 0.646. The van der Waals surface area contributed by atoms with Crippen molar-refractivity contribution in [1.29, 1.82) is 0 Å². The number of hydrogen-bond donors (Lipinski definition) is 1. The summed E-state index contributed by atoms with van der Waals surface area (Å²) in [4.78, 5) is 14.6. The van der Waals surface area contributed by atoms with Crippen molar-refractivity contribution in [2.75, 3.05) is 32.5 Å². The summed E-state index contributed by atoms with van der Waals surface area (Å²) in [5.74, 6) is 1.00. The summed E-state index contributed by atoms with van der Waals surface area (Å²) in [6.07, 6.45) is 8.31. The van der Waals surface area contributed by atoms with Crippen molar-refractivity contribution in [2.45, 2.75) is 55.1 Å². The van der Waals surface area contributed by atoms with Gasteiger partial charge in [-0.15, -0.1) is 0 Å². The Kier molecular flexibility index (Phi) is 7.65. The van der Waals surface area contributed by atoms with E-state index >= 15 is 0 Å². The van der Waals surface area contributed by atoms with Gasteiger partial charge in [-0.1, -0.05) is 19.3 Å². The molecule has 3 rings (SSSR count). The minimum Gasteiger partial charge on any atom is -0.496 e. The standard InChI is InChI=1S/C20H30N2O4S2/c1-26-19-10-9-17(15-18(19)20(23)22-12-5-6-13-22)28(24,25)21-11-14-27-16-7-3-2-4-8-16/h9-10,15-16,21H,2-8,11-14H2,1H3. The van der Waals surface area contributed by atoms with E-state index in [-0.39, 0.29) is 10.8 Å². The number of benzene rings is 1. The van der Waals surface area contributed by atoms with Gasteiger partial charge in [0.05, 0.1) is 17.6 Å². The van der Waals surface area contributed by atoms with E-state index in [0.717, 1.165) is 18.6 Å². The SMILES string of the molecule is COc1ccc(S(=O)(=O)NCCSC2CCCCC2)cc1C(=O)N1CCCC1. The largest absolute Gasteiger partial charge is 0.496 e. The first kappa shape index (κ1) is 21.5. The molecule has 28 heavy (non-hydrogen) atoms. The molecule has 1 heterocycles. The van der Waals surface area contributed by atoms with Crippen molar-refractivity contribution in [2.24, 2.45) is 0 Å². The average Bonchev–Trinajstić information content (AvgIpc) is 3.26. The summed E-state index contributed by atoms with van der Waals surface area (Å²) in [7, 11) is -2.17. The molecule has 0 aromatic heterocycles. The maximum Gasteiger partial charge on any atom is 0.257 e. The Hall–Kier alpha value is -1.25. The Morgan fingerprint density at radius 1 is 1.18 bits per heavy atom. The summed E-state index contributed by atoms with van der Waals surface area (Å²) in [5.41, 5.74) is 0.309. The van der Waals surface area contributed by atoms with Crippen LogP contribution in [0.3, 0.4) is 0 Å². The molecule has 1 aromatic carbocycles. The Morgan fingerprint density at radius 3 is 2.57 bits per heavy atom. The van der Waals surface area contributed by atoms with Gasteiger partial charge in [-0.05, 0) is 43.9 Å². The number of likely N-dealkylation sites (tertiary alicyclic amines) is 1. The average molecular weight is 427 g/mol. The smallest absolute Gasteiger partial charge is 0.257 e. The lowest BCUT2D eigenvalue weighted by Gasteiger charge is -2.21. The monoisotopic (exact) mass is 426 g/mol. The van der Waals surface area contributed by atoms with Gasteiger partial charge >= 0.3 is 0 Å². The zero-order valence-corrected chi connectivity index (χ0v) is 18.1. The molecule has 1 saturated carbocycles. The van der Waals surface area contributed by atoms with Crippen molar-refractivity contribution >= 4 is 27.7 Å². The molecule has 1 aromatic rings. The topological polar surface area (TPSA) is 75.7 Å². The highest BCUT2D eigenvalue weighted by Crippen LogP contribution is 2.28. The van der Waals surface area contributed by atoms with Crippen LogP contribution in [0.25, 0.3) is 0 Å². The third-order valence-electron chi connectivity index (χ3n) is 5.40. The normalized spacial score (nSPS) is 18.4. The van der Waals surface area contributed by atoms with E-state index in [1.807, 2.05) is 11.8 Å². The van der Waals surface area contributed by atoms with Crippen LogP contribution in [0.5, 0.6) is 5.75 Å². The second-order valence-corrected chi connectivity index (χ2v) is 10.6. The second kappa shape index (κ2) is 9.98. The highest BCUT2D eigenvalue weighted by Gasteiger charge is 2.25. The highest BCUT2D eigenvalue weighted by atomic mass is 32.2. The van der Waals surface area contributed by atoms with Crippen molar-refractivity contribution in [3.8, 4) is 5.75 Å². The van der Waals surface area contributed by atoms with Gasteiger partial charge in [0.1, 0.15) is 5.75 Å². The maximum absolute atomic E-state index is 12.8. The number of nitrogens with one attached hydrogen (secondary N) is 1. The van der Waals surface area contributed by atoms with Crippen molar-refractivity contribution in [3.63, 3.8) is 0 Å². The fraction of sp³-hybridized carbons (Fsp3) is 0.650. The van der Waals surface area contributed by atoms with E-state index < -0.39 is 10.0 Å². The van der Waals surface area contributed by atoms with Crippen molar-refractivity contribution < 1.29 is 17.9 Å². The lowest BCUT2D eigenvalue weighted by molar-refractivity contribution is 0.0789. The van der Waals surface area contributed by atoms with Gasteiger partial charge in [0, 0.05) is 30.6 Å².